The lowest BCUT2D eigenvalue weighted by atomic mass is 9.98. The van der Waals surface area contributed by atoms with E-state index in [0.717, 1.165) is 12.2 Å². The Balaban J connectivity index is 2.36. The number of benzene rings is 1. The van der Waals surface area contributed by atoms with Crippen LogP contribution in [0.3, 0.4) is 0 Å². The average Bonchev–Trinajstić information content (AvgIpc) is 2.36. The smallest absolute Gasteiger partial charge is 0.123 e. The van der Waals surface area contributed by atoms with Crippen molar-refractivity contribution in [3.63, 3.8) is 0 Å². The van der Waals surface area contributed by atoms with Gasteiger partial charge < -0.3 is 4.74 Å². The van der Waals surface area contributed by atoms with Gasteiger partial charge in [0.2, 0.25) is 0 Å². The van der Waals surface area contributed by atoms with Crippen molar-refractivity contribution in [1.82, 2.24) is 0 Å². The maximum atomic E-state index is 5.89. The molecule has 2 rings (SSSR count). The van der Waals surface area contributed by atoms with E-state index in [1.165, 1.54) is 11.1 Å². The highest BCUT2D eigenvalue weighted by Crippen LogP contribution is 2.36. The highest BCUT2D eigenvalue weighted by molar-refractivity contribution is 5.42. The van der Waals surface area contributed by atoms with Crippen LogP contribution in [0.25, 0.3) is 0 Å². The molecule has 0 aromatic heterocycles. The minimum Gasteiger partial charge on any atom is -0.487 e. The Morgan fingerprint density at radius 2 is 2.00 bits per heavy atom. The van der Waals surface area contributed by atoms with Crippen molar-refractivity contribution < 1.29 is 4.74 Å². The zero-order chi connectivity index (χ0) is 10.3. The Labute approximate surface area is 86.1 Å². The standard InChI is InChI=1S/C13H18O/c1-9(2)10-5-6-11-8-13(3,4)14-12(11)7-10/h5-7,9H,8H2,1-4H3. The van der Waals surface area contributed by atoms with Crippen LogP contribution in [0.2, 0.25) is 0 Å². The van der Waals surface area contributed by atoms with Crippen LogP contribution in [0.4, 0.5) is 0 Å². The lowest BCUT2D eigenvalue weighted by molar-refractivity contribution is 0.138. The number of hydrogen-bond donors (Lipinski definition) is 0. The van der Waals surface area contributed by atoms with Crippen LogP contribution < -0.4 is 4.74 Å². The first-order valence-electron chi connectivity index (χ1n) is 5.30. The maximum absolute atomic E-state index is 5.89. The molecule has 0 saturated carbocycles. The van der Waals surface area contributed by atoms with E-state index >= 15 is 0 Å². The molecule has 76 valence electrons. The molecule has 0 aliphatic carbocycles. The third-order valence-corrected chi connectivity index (χ3v) is 2.76. The van der Waals surface area contributed by atoms with E-state index in [2.05, 4.69) is 45.9 Å². The molecule has 0 bridgehead atoms. The third-order valence-electron chi connectivity index (χ3n) is 2.76. The summed E-state index contributed by atoms with van der Waals surface area (Å²) in [5.74, 6) is 1.66. The summed E-state index contributed by atoms with van der Waals surface area (Å²) >= 11 is 0. The van der Waals surface area contributed by atoms with Crippen LogP contribution in [0.5, 0.6) is 5.75 Å². The minimum atomic E-state index is -0.0159. The summed E-state index contributed by atoms with van der Waals surface area (Å²) in [7, 11) is 0. The Bertz CT molecular complexity index is 350. The lowest BCUT2D eigenvalue weighted by Gasteiger charge is -2.17. The van der Waals surface area contributed by atoms with Gasteiger partial charge in [-0.15, -0.1) is 0 Å². The molecule has 0 spiro atoms. The second kappa shape index (κ2) is 3.01. The van der Waals surface area contributed by atoms with Gasteiger partial charge in [0.15, 0.2) is 0 Å². The molecule has 0 radical (unpaired) electrons. The first-order valence-corrected chi connectivity index (χ1v) is 5.30. The van der Waals surface area contributed by atoms with Crippen LogP contribution in [0.1, 0.15) is 44.7 Å². The topological polar surface area (TPSA) is 9.23 Å². The quantitative estimate of drug-likeness (QED) is 0.658. The molecule has 0 atom stereocenters. The summed E-state index contributed by atoms with van der Waals surface area (Å²) in [4.78, 5) is 0. The zero-order valence-corrected chi connectivity index (χ0v) is 9.42. The van der Waals surface area contributed by atoms with E-state index < -0.39 is 0 Å². The highest BCUT2D eigenvalue weighted by atomic mass is 16.5. The molecule has 0 N–H and O–H groups in total. The summed E-state index contributed by atoms with van der Waals surface area (Å²) in [5, 5.41) is 0. The van der Waals surface area contributed by atoms with Crippen molar-refractivity contribution in [2.75, 3.05) is 0 Å². The molecular weight excluding hydrogens is 172 g/mol. The molecule has 1 heterocycles. The van der Waals surface area contributed by atoms with Gasteiger partial charge in [0.25, 0.3) is 0 Å². The Hall–Kier alpha value is -0.980. The van der Waals surface area contributed by atoms with Crippen LogP contribution in [-0.4, -0.2) is 5.60 Å². The molecule has 1 aliphatic rings. The molecule has 0 fully saturated rings. The Morgan fingerprint density at radius 3 is 2.64 bits per heavy atom. The van der Waals surface area contributed by atoms with Crippen molar-refractivity contribution in [1.29, 1.82) is 0 Å². The Morgan fingerprint density at radius 1 is 1.29 bits per heavy atom. The summed E-state index contributed by atoms with van der Waals surface area (Å²) in [5.41, 5.74) is 2.69. The molecule has 0 amide bonds. The van der Waals surface area contributed by atoms with Crippen LogP contribution in [0, 0.1) is 0 Å². The molecule has 0 unspecified atom stereocenters. The SMILES string of the molecule is CC(C)c1ccc2c(c1)OC(C)(C)C2. The highest BCUT2D eigenvalue weighted by Gasteiger charge is 2.29. The number of rotatable bonds is 1. The minimum absolute atomic E-state index is 0.0159. The zero-order valence-electron chi connectivity index (χ0n) is 9.42. The first kappa shape index (κ1) is 9.57. The van der Waals surface area contributed by atoms with Gasteiger partial charge in [-0.2, -0.15) is 0 Å². The number of fused-ring (bicyclic) bond motifs is 1. The predicted molar refractivity (Wildman–Crippen MR) is 58.9 cm³/mol. The van der Waals surface area contributed by atoms with E-state index in [-0.39, 0.29) is 5.60 Å². The summed E-state index contributed by atoms with van der Waals surface area (Å²) in [6, 6.07) is 6.61. The molecule has 1 aromatic rings. The molecule has 0 saturated heterocycles. The summed E-state index contributed by atoms with van der Waals surface area (Å²) in [6.45, 7) is 8.70. The van der Waals surface area contributed by atoms with Crippen molar-refractivity contribution in [3.8, 4) is 5.75 Å². The average molecular weight is 190 g/mol. The fourth-order valence-electron chi connectivity index (χ4n) is 1.96. The van der Waals surface area contributed by atoms with E-state index in [0.29, 0.717) is 5.92 Å². The fourth-order valence-corrected chi connectivity index (χ4v) is 1.96. The van der Waals surface area contributed by atoms with Gasteiger partial charge >= 0.3 is 0 Å². The summed E-state index contributed by atoms with van der Waals surface area (Å²) < 4.78 is 5.89. The molecule has 1 nitrogen and oxygen atoms in total. The van der Waals surface area contributed by atoms with Gasteiger partial charge in [-0.25, -0.2) is 0 Å². The lowest BCUT2D eigenvalue weighted by Crippen LogP contribution is -2.24. The van der Waals surface area contributed by atoms with Crippen molar-refractivity contribution in [2.45, 2.75) is 45.6 Å². The van der Waals surface area contributed by atoms with Gasteiger partial charge in [-0.3, -0.25) is 0 Å². The van der Waals surface area contributed by atoms with Crippen LogP contribution in [-0.2, 0) is 6.42 Å². The number of ether oxygens (including phenoxy) is 1. The van der Waals surface area contributed by atoms with Gasteiger partial charge in [-0.1, -0.05) is 26.0 Å². The van der Waals surface area contributed by atoms with E-state index in [4.69, 9.17) is 4.74 Å². The molecular formula is C13H18O. The molecule has 1 aromatic carbocycles. The molecule has 1 aliphatic heterocycles. The predicted octanol–water partition coefficient (Wildman–Crippen LogP) is 3.52. The van der Waals surface area contributed by atoms with Crippen molar-refractivity contribution in [2.24, 2.45) is 0 Å². The fraction of sp³-hybridized carbons (Fsp3) is 0.538. The largest absolute Gasteiger partial charge is 0.487 e. The van der Waals surface area contributed by atoms with Gasteiger partial charge in [-0.05, 0) is 37.0 Å². The van der Waals surface area contributed by atoms with E-state index in [9.17, 15) is 0 Å². The van der Waals surface area contributed by atoms with Crippen LogP contribution in [0.15, 0.2) is 18.2 Å². The van der Waals surface area contributed by atoms with Gasteiger partial charge in [0.05, 0.1) is 0 Å². The molecule has 14 heavy (non-hydrogen) atoms. The van der Waals surface area contributed by atoms with Gasteiger partial charge in [0.1, 0.15) is 11.4 Å². The third kappa shape index (κ3) is 1.63. The Kier molecular flexibility index (Phi) is 2.06. The number of hydrogen-bond acceptors (Lipinski definition) is 1. The first-order chi connectivity index (χ1) is 6.48. The van der Waals surface area contributed by atoms with Crippen molar-refractivity contribution >= 4 is 0 Å². The van der Waals surface area contributed by atoms with Gasteiger partial charge in [0, 0.05) is 6.42 Å². The maximum Gasteiger partial charge on any atom is 0.123 e. The van der Waals surface area contributed by atoms with E-state index in [1.54, 1.807) is 0 Å². The molecule has 1 heteroatoms. The van der Waals surface area contributed by atoms with Crippen molar-refractivity contribution in [3.05, 3.63) is 29.3 Å². The summed E-state index contributed by atoms with van der Waals surface area (Å²) in [6.07, 6.45) is 1.03. The monoisotopic (exact) mass is 190 g/mol. The second-order valence-electron chi connectivity index (χ2n) is 5.06. The normalized spacial score (nSPS) is 18.1. The second-order valence-corrected chi connectivity index (χ2v) is 5.06. The van der Waals surface area contributed by atoms with E-state index in [1.807, 2.05) is 0 Å². The van der Waals surface area contributed by atoms with Crippen LogP contribution >= 0.6 is 0 Å².